The topological polar surface area (TPSA) is 57.6 Å². The first kappa shape index (κ1) is 15.2. The lowest BCUT2D eigenvalue weighted by Gasteiger charge is -2.28. The number of sulfonamides is 1. The van der Waals surface area contributed by atoms with Crippen LogP contribution >= 0.6 is 11.6 Å². The van der Waals surface area contributed by atoms with Gasteiger partial charge >= 0.3 is 0 Å². The van der Waals surface area contributed by atoms with Gasteiger partial charge in [0, 0.05) is 18.5 Å². The molecule has 4 nitrogen and oxygen atoms in total. The van der Waals surface area contributed by atoms with Crippen molar-refractivity contribution in [1.82, 2.24) is 4.31 Å². The number of alkyl halides is 1. The molecule has 92 valence electrons. The normalized spacial score (nSPS) is 12.7. The molecule has 0 saturated carbocycles. The number of nitrogens with zero attached hydrogens (tertiary/aromatic N) is 1. The number of hydrogen-bond acceptors (Lipinski definition) is 3. The number of halogens is 1. The third-order valence-corrected chi connectivity index (χ3v) is 4.69. The number of aliphatic hydroxyl groups excluding tert-OH is 1. The first-order valence-electron chi connectivity index (χ1n) is 5.19. The van der Waals surface area contributed by atoms with E-state index >= 15 is 0 Å². The van der Waals surface area contributed by atoms with E-state index in [0.717, 1.165) is 12.8 Å². The summed E-state index contributed by atoms with van der Waals surface area (Å²) < 4.78 is 25.0. The van der Waals surface area contributed by atoms with Gasteiger partial charge in [0.05, 0.1) is 12.4 Å². The van der Waals surface area contributed by atoms with Crippen LogP contribution in [0.15, 0.2) is 0 Å². The number of aliphatic hydroxyl groups is 1. The highest BCUT2D eigenvalue weighted by atomic mass is 35.5. The predicted molar refractivity (Wildman–Crippen MR) is 62.7 cm³/mol. The zero-order chi connectivity index (χ0) is 11.9. The van der Waals surface area contributed by atoms with Crippen molar-refractivity contribution in [2.75, 3.05) is 24.8 Å². The Morgan fingerprint density at radius 1 is 1.33 bits per heavy atom. The van der Waals surface area contributed by atoms with E-state index < -0.39 is 10.0 Å². The molecule has 1 N–H and O–H groups in total. The Hall–Kier alpha value is 0.160. The monoisotopic (exact) mass is 257 g/mol. The van der Waals surface area contributed by atoms with Crippen molar-refractivity contribution in [2.24, 2.45) is 0 Å². The van der Waals surface area contributed by atoms with E-state index in [4.69, 9.17) is 16.7 Å². The van der Waals surface area contributed by atoms with Crippen molar-refractivity contribution in [1.29, 1.82) is 0 Å². The average molecular weight is 258 g/mol. The van der Waals surface area contributed by atoms with Gasteiger partial charge in [-0.1, -0.05) is 13.8 Å². The third kappa shape index (κ3) is 4.68. The summed E-state index contributed by atoms with van der Waals surface area (Å²) in [7, 11) is -3.32. The van der Waals surface area contributed by atoms with Gasteiger partial charge in [-0.15, -0.1) is 11.6 Å². The van der Waals surface area contributed by atoms with Gasteiger partial charge in [0.25, 0.3) is 0 Å². The predicted octanol–water partition coefficient (Wildman–Crippen LogP) is 1.04. The van der Waals surface area contributed by atoms with E-state index in [1.807, 2.05) is 13.8 Å². The number of rotatable bonds is 8. The van der Waals surface area contributed by atoms with Crippen LogP contribution in [0.3, 0.4) is 0 Å². The quantitative estimate of drug-likeness (QED) is 0.661. The van der Waals surface area contributed by atoms with Crippen molar-refractivity contribution in [3.05, 3.63) is 0 Å². The molecule has 0 aromatic rings. The minimum Gasteiger partial charge on any atom is -0.395 e. The summed E-state index contributed by atoms with van der Waals surface area (Å²) in [5, 5.41) is 8.87. The van der Waals surface area contributed by atoms with Crippen LogP contribution in [0.25, 0.3) is 0 Å². The van der Waals surface area contributed by atoms with Crippen molar-refractivity contribution in [2.45, 2.75) is 32.7 Å². The van der Waals surface area contributed by atoms with E-state index in [1.54, 1.807) is 0 Å². The maximum absolute atomic E-state index is 11.8. The maximum atomic E-state index is 11.8. The van der Waals surface area contributed by atoms with Crippen LogP contribution in [0.1, 0.15) is 26.7 Å². The number of hydrogen-bond donors (Lipinski definition) is 1. The van der Waals surface area contributed by atoms with Crippen LogP contribution in [-0.4, -0.2) is 48.7 Å². The highest BCUT2D eigenvalue weighted by Crippen LogP contribution is 2.14. The molecular formula is C9H20ClNO3S. The Labute approximate surface area is 97.3 Å². The molecular weight excluding hydrogens is 238 g/mol. The van der Waals surface area contributed by atoms with Gasteiger partial charge in [0.1, 0.15) is 0 Å². The summed E-state index contributed by atoms with van der Waals surface area (Å²) in [5.74, 6) is 0.0233. The minimum absolute atomic E-state index is 0.0367. The van der Waals surface area contributed by atoms with Crippen molar-refractivity contribution in [3.63, 3.8) is 0 Å². The molecule has 0 fully saturated rings. The lowest BCUT2D eigenvalue weighted by Crippen LogP contribution is -2.43. The minimum atomic E-state index is -3.32. The lowest BCUT2D eigenvalue weighted by molar-refractivity contribution is 0.220. The molecule has 0 aliphatic rings. The van der Waals surface area contributed by atoms with Crippen molar-refractivity contribution in [3.8, 4) is 0 Å². The molecule has 0 aliphatic carbocycles. The molecule has 0 spiro atoms. The Balaban J connectivity index is 4.77. The smallest absolute Gasteiger partial charge is 0.215 e. The highest BCUT2D eigenvalue weighted by molar-refractivity contribution is 7.89. The zero-order valence-corrected chi connectivity index (χ0v) is 10.9. The SMILES string of the molecule is CCC(CC)N(CCO)S(=O)(=O)CCCl. The molecule has 0 rings (SSSR count). The van der Waals surface area contributed by atoms with Crippen LogP contribution in [0.2, 0.25) is 0 Å². The molecule has 0 radical (unpaired) electrons. The van der Waals surface area contributed by atoms with E-state index in [9.17, 15) is 8.42 Å². The Morgan fingerprint density at radius 2 is 1.87 bits per heavy atom. The summed E-state index contributed by atoms with van der Waals surface area (Å²) in [5.41, 5.74) is 0. The molecule has 0 bridgehead atoms. The molecule has 6 heteroatoms. The van der Waals surface area contributed by atoms with Gasteiger partial charge in [-0.3, -0.25) is 0 Å². The Morgan fingerprint density at radius 3 is 2.20 bits per heavy atom. The van der Waals surface area contributed by atoms with Crippen LogP contribution in [-0.2, 0) is 10.0 Å². The summed E-state index contributed by atoms with van der Waals surface area (Å²) >= 11 is 5.45. The van der Waals surface area contributed by atoms with Gasteiger partial charge in [-0.2, -0.15) is 4.31 Å². The van der Waals surface area contributed by atoms with Gasteiger partial charge in [0.2, 0.25) is 10.0 Å². The molecule has 0 aromatic heterocycles. The Bertz CT molecular complexity index is 252. The van der Waals surface area contributed by atoms with E-state index in [-0.39, 0.29) is 30.8 Å². The van der Waals surface area contributed by atoms with Gasteiger partial charge < -0.3 is 5.11 Å². The molecule has 0 atom stereocenters. The summed E-state index contributed by atoms with van der Waals surface area (Å²) in [6, 6.07) is -0.0367. The first-order chi connectivity index (χ1) is 7.03. The molecule has 0 unspecified atom stereocenters. The summed E-state index contributed by atoms with van der Waals surface area (Å²) in [4.78, 5) is 0. The summed E-state index contributed by atoms with van der Waals surface area (Å²) in [6.07, 6.45) is 1.50. The summed E-state index contributed by atoms with van der Waals surface area (Å²) in [6.45, 7) is 3.88. The van der Waals surface area contributed by atoms with Gasteiger partial charge in [-0.25, -0.2) is 8.42 Å². The van der Waals surface area contributed by atoms with E-state index in [2.05, 4.69) is 0 Å². The van der Waals surface area contributed by atoms with E-state index in [0.29, 0.717) is 0 Å². The van der Waals surface area contributed by atoms with Crippen LogP contribution in [0, 0.1) is 0 Å². The second-order valence-corrected chi connectivity index (χ2v) is 5.73. The van der Waals surface area contributed by atoms with E-state index in [1.165, 1.54) is 4.31 Å². The van der Waals surface area contributed by atoms with Crippen LogP contribution < -0.4 is 0 Å². The van der Waals surface area contributed by atoms with Crippen LogP contribution in [0.5, 0.6) is 0 Å². The second-order valence-electron chi connectivity index (χ2n) is 3.31. The maximum Gasteiger partial charge on any atom is 0.215 e. The lowest BCUT2D eigenvalue weighted by atomic mass is 10.2. The first-order valence-corrected chi connectivity index (χ1v) is 7.34. The molecule has 0 amide bonds. The van der Waals surface area contributed by atoms with Gasteiger partial charge in [0.15, 0.2) is 0 Å². The third-order valence-electron chi connectivity index (χ3n) is 2.36. The largest absolute Gasteiger partial charge is 0.395 e. The van der Waals surface area contributed by atoms with Gasteiger partial charge in [-0.05, 0) is 12.8 Å². The van der Waals surface area contributed by atoms with Crippen LogP contribution in [0.4, 0.5) is 0 Å². The fourth-order valence-corrected chi connectivity index (χ4v) is 3.68. The fourth-order valence-electron chi connectivity index (χ4n) is 1.56. The van der Waals surface area contributed by atoms with Crippen molar-refractivity contribution >= 4 is 21.6 Å². The average Bonchev–Trinajstić information content (AvgIpc) is 2.18. The molecule has 0 aromatic carbocycles. The molecule has 0 heterocycles. The molecule has 0 saturated heterocycles. The zero-order valence-electron chi connectivity index (χ0n) is 9.32. The molecule has 0 aliphatic heterocycles. The van der Waals surface area contributed by atoms with Crippen molar-refractivity contribution < 1.29 is 13.5 Å². The standard InChI is InChI=1S/C9H20ClNO3S/c1-3-9(4-2)11(6-7-12)15(13,14)8-5-10/h9,12H,3-8H2,1-2H3. The fraction of sp³-hybridized carbons (Fsp3) is 1.00. The molecule has 15 heavy (non-hydrogen) atoms. The Kier molecular flexibility index (Phi) is 7.52. The second kappa shape index (κ2) is 7.44. The highest BCUT2D eigenvalue weighted by Gasteiger charge is 2.26.